The highest BCUT2D eigenvalue weighted by molar-refractivity contribution is 6.30. The third-order valence-electron chi connectivity index (χ3n) is 4.58. The second-order valence-electron chi connectivity index (χ2n) is 6.51. The van der Waals surface area contributed by atoms with Crippen molar-refractivity contribution in [2.45, 2.75) is 32.9 Å². The predicted octanol–water partition coefficient (Wildman–Crippen LogP) is 3.58. The van der Waals surface area contributed by atoms with E-state index in [0.717, 1.165) is 35.2 Å². The zero-order chi connectivity index (χ0) is 20.1. The lowest BCUT2D eigenvalue weighted by Gasteiger charge is -2.31. The molecule has 0 saturated carbocycles. The van der Waals surface area contributed by atoms with Crippen molar-refractivity contribution in [1.82, 2.24) is 14.9 Å². The molecule has 2 aromatic heterocycles. The van der Waals surface area contributed by atoms with Crippen molar-refractivity contribution in [3.05, 3.63) is 45.7 Å². The highest BCUT2D eigenvalue weighted by Gasteiger charge is 2.23. The van der Waals surface area contributed by atoms with Gasteiger partial charge in [-0.05, 0) is 36.1 Å². The van der Waals surface area contributed by atoms with Crippen LogP contribution >= 0.6 is 11.6 Å². The molecule has 3 rings (SSSR count). The molecule has 0 atom stereocenters. The average Bonchev–Trinajstić information content (AvgIpc) is 2.68. The van der Waals surface area contributed by atoms with Crippen molar-refractivity contribution in [3.8, 4) is 11.9 Å². The molecule has 3 heterocycles. The molecule has 0 saturated heterocycles. The molecule has 0 radical (unpaired) electrons. The quantitative estimate of drug-likeness (QED) is 0.558. The zero-order valence-corrected chi connectivity index (χ0v) is 16.1. The van der Waals surface area contributed by atoms with Crippen LogP contribution in [0.1, 0.15) is 22.3 Å². The number of hydrogen-bond acceptors (Lipinski definition) is 6. The largest absolute Gasteiger partial charge is 0.472 e. The maximum absolute atomic E-state index is 12.3. The Hall–Kier alpha value is -2.50. The molecule has 0 unspecified atom stereocenters. The molecule has 28 heavy (non-hydrogen) atoms. The van der Waals surface area contributed by atoms with Gasteiger partial charge in [0.25, 0.3) is 6.43 Å². The predicted molar refractivity (Wildman–Crippen MR) is 102 cm³/mol. The Labute approximate surface area is 167 Å². The van der Waals surface area contributed by atoms with Gasteiger partial charge in [-0.3, -0.25) is 4.90 Å². The molecule has 0 fully saturated rings. The van der Waals surface area contributed by atoms with Gasteiger partial charge in [0.2, 0.25) is 5.88 Å². The van der Waals surface area contributed by atoms with E-state index in [1.165, 1.54) is 0 Å². The Kier molecular flexibility index (Phi) is 6.60. The molecule has 1 aliphatic rings. The van der Waals surface area contributed by atoms with Crippen LogP contribution in [0.4, 0.5) is 14.6 Å². The van der Waals surface area contributed by atoms with Gasteiger partial charge in [0.1, 0.15) is 17.5 Å². The number of ether oxygens (including phenoxy) is 1. The number of nitriles is 1. The van der Waals surface area contributed by atoms with Gasteiger partial charge in [0.15, 0.2) is 6.61 Å². The molecule has 0 aliphatic carbocycles. The van der Waals surface area contributed by atoms with E-state index in [1.807, 2.05) is 13.0 Å². The van der Waals surface area contributed by atoms with Gasteiger partial charge in [-0.25, -0.2) is 18.7 Å². The molecule has 148 valence electrons. The minimum absolute atomic E-state index is 0.168. The molecular weight excluding hydrogens is 388 g/mol. The number of hydrogen-bond donors (Lipinski definition) is 1. The van der Waals surface area contributed by atoms with Gasteiger partial charge in [-0.1, -0.05) is 11.6 Å². The fourth-order valence-corrected chi connectivity index (χ4v) is 3.44. The summed E-state index contributed by atoms with van der Waals surface area (Å²) in [6.45, 7) is 3.55. The number of alkyl halides is 2. The number of nitrogens with one attached hydrogen (secondary N) is 1. The van der Waals surface area contributed by atoms with Crippen LogP contribution in [0.25, 0.3) is 0 Å². The normalized spacial score (nSPS) is 13.9. The van der Waals surface area contributed by atoms with Crippen LogP contribution in [-0.4, -0.2) is 41.0 Å². The minimum Gasteiger partial charge on any atom is -0.472 e. The molecule has 1 aliphatic heterocycles. The maximum Gasteiger partial charge on any atom is 0.272 e. The number of pyridine rings is 2. The molecule has 2 aromatic rings. The Morgan fingerprint density at radius 3 is 3.00 bits per heavy atom. The third-order valence-corrected chi connectivity index (χ3v) is 4.95. The second kappa shape index (κ2) is 9.13. The fraction of sp³-hybridized carbons (Fsp3) is 0.421. The van der Waals surface area contributed by atoms with Crippen molar-refractivity contribution < 1.29 is 13.5 Å². The number of nitrogens with zero attached hydrogens (tertiary/aromatic N) is 4. The van der Waals surface area contributed by atoms with Gasteiger partial charge >= 0.3 is 0 Å². The average molecular weight is 408 g/mol. The van der Waals surface area contributed by atoms with E-state index in [2.05, 4.69) is 26.3 Å². The molecule has 1 N–H and O–H groups in total. The van der Waals surface area contributed by atoms with Gasteiger partial charge in [-0.15, -0.1) is 0 Å². The maximum atomic E-state index is 12.3. The van der Waals surface area contributed by atoms with Crippen molar-refractivity contribution >= 4 is 17.4 Å². The van der Waals surface area contributed by atoms with Gasteiger partial charge in [0.05, 0.1) is 6.07 Å². The molecule has 0 spiro atoms. The van der Waals surface area contributed by atoms with Crippen LogP contribution in [-0.2, 0) is 19.5 Å². The van der Waals surface area contributed by atoms with Crippen molar-refractivity contribution in [3.63, 3.8) is 0 Å². The van der Waals surface area contributed by atoms with E-state index >= 15 is 0 Å². The van der Waals surface area contributed by atoms with Gasteiger partial charge in [0, 0.05) is 37.5 Å². The van der Waals surface area contributed by atoms with Crippen molar-refractivity contribution in [1.29, 1.82) is 5.26 Å². The first-order valence-corrected chi connectivity index (χ1v) is 9.22. The molecular formula is C19H20ClF2N5O. The second-order valence-corrected chi connectivity index (χ2v) is 6.87. The Morgan fingerprint density at radius 2 is 2.25 bits per heavy atom. The summed E-state index contributed by atoms with van der Waals surface area (Å²) in [5.41, 5.74) is 4.06. The first-order chi connectivity index (χ1) is 13.5. The van der Waals surface area contributed by atoms with Crippen LogP contribution in [0.5, 0.6) is 5.88 Å². The lowest BCUT2D eigenvalue weighted by molar-refractivity contribution is 0.0795. The summed E-state index contributed by atoms with van der Waals surface area (Å²) >= 11 is 6.28. The van der Waals surface area contributed by atoms with E-state index in [9.17, 15) is 8.78 Å². The number of rotatable bonds is 7. The Bertz CT molecular complexity index is 887. The third kappa shape index (κ3) is 4.86. The Balaban J connectivity index is 1.74. The summed E-state index contributed by atoms with van der Waals surface area (Å²) in [6.07, 6.45) is -0.202. The fourth-order valence-electron chi connectivity index (χ4n) is 3.24. The topological polar surface area (TPSA) is 74.1 Å². The summed E-state index contributed by atoms with van der Waals surface area (Å²) in [5, 5.41) is 12.3. The first-order valence-electron chi connectivity index (χ1n) is 8.84. The monoisotopic (exact) mass is 407 g/mol. The summed E-state index contributed by atoms with van der Waals surface area (Å²) in [7, 11) is 0. The lowest BCUT2D eigenvalue weighted by Crippen LogP contribution is -2.31. The standard InChI is InChI=1S/C19H20ClF2N5O/c1-12-15-10-27(7-3-14(15)19(25-6-4-23)26-18(12)20)9-13-2-5-24-17(8-13)28-11-16(21)22/h2,5,8,16H,3,6-7,9-11H2,1H3,(H,25,26). The van der Waals surface area contributed by atoms with Crippen LogP contribution in [0.15, 0.2) is 18.3 Å². The van der Waals surface area contributed by atoms with E-state index < -0.39 is 13.0 Å². The highest BCUT2D eigenvalue weighted by Crippen LogP contribution is 2.32. The van der Waals surface area contributed by atoms with Crippen LogP contribution in [0.3, 0.4) is 0 Å². The SMILES string of the molecule is Cc1c(Cl)nc(NCC#N)c2c1CN(Cc1ccnc(OCC(F)F)c1)CC2. The van der Waals surface area contributed by atoms with Gasteiger partial charge < -0.3 is 10.1 Å². The number of aromatic nitrogens is 2. The molecule has 0 aromatic carbocycles. The number of anilines is 1. The summed E-state index contributed by atoms with van der Waals surface area (Å²) in [6, 6.07) is 5.58. The first kappa shape index (κ1) is 20.2. The van der Waals surface area contributed by atoms with E-state index in [0.29, 0.717) is 24.1 Å². The summed E-state index contributed by atoms with van der Waals surface area (Å²) in [4.78, 5) is 10.6. The lowest BCUT2D eigenvalue weighted by atomic mass is 9.96. The number of fused-ring (bicyclic) bond motifs is 1. The smallest absolute Gasteiger partial charge is 0.272 e. The van der Waals surface area contributed by atoms with Crippen LogP contribution in [0.2, 0.25) is 5.15 Å². The van der Waals surface area contributed by atoms with E-state index in [-0.39, 0.29) is 12.4 Å². The van der Waals surface area contributed by atoms with Crippen LogP contribution in [0, 0.1) is 18.3 Å². The molecule has 9 heteroatoms. The number of halogens is 3. The van der Waals surface area contributed by atoms with Crippen molar-refractivity contribution in [2.24, 2.45) is 0 Å². The molecule has 0 amide bonds. The highest BCUT2D eigenvalue weighted by atomic mass is 35.5. The van der Waals surface area contributed by atoms with Crippen LogP contribution < -0.4 is 10.1 Å². The minimum atomic E-state index is -2.53. The summed E-state index contributed by atoms with van der Waals surface area (Å²) in [5.74, 6) is 0.861. The molecule has 0 bridgehead atoms. The zero-order valence-electron chi connectivity index (χ0n) is 15.4. The van der Waals surface area contributed by atoms with Crippen molar-refractivity contribution in [2.75, 3.05) is 25.0 Å². The van der Waals surface area contributed by atoms with Gasteiger partial charge in [-0.2, -0.15) is 5.26 Å². The Morgan fingerprint density at radius 1 is 1.43 bits per heavy atom. The van der Waals surface area contributed by atoms with E-state index in [4.69, 9.17) is 21.6 Å². The van der Waals surface area contributed by atoms with E-state index in [1.54, 1.807) is 12.3 Å². The summed E-state index contributed by atoms with van der Waals surface area (Å²) < 4.78 is 29.6. The molecule has 6 nitrogen and oxygen atoms in total.